The highest BCUT2D eigenvalue weighted by molar-refractivity contribution is 7.88. The van der Waals surface area contributed by atoms with Crippen LogP contribution >= 0.6 is 22.7 Å². The van der Waals surface area contributed by atoms with Gasteiger partial charge >= 0.3 is 15.6 Å². The average molecular weight is 985 g/mol. The first-order valence-electron chi connectivity index (χ1n) is 23.3. The molecular weight excluding hydrogens is 938 g/mol. The fraction of sp³-hybridized carbons (Fsp3) is 0.119. The zero-order chi connectivity index (χ0) is 48.4. The standard InChI is InChI=1S/C47H33F3N2O3S3.C10H8.C2H6/c48-47(49,50)58(53,54)55-35-28-40-39-26-33(51(31-14-3-1-4-15-31)41-20-11-13-30-12-7-8-18-36(30)41)23-25-44(39)57-46(40)42(29-35)52(32-16-5-2-6-17-32)34-22-24-38-37-19-9-10-21-43(37)56-45(38)27-34;1-2-6-10-8-4-3-7-9(10)5-1;1-2/h1-3,5-8,10-14,16-18,20-29H,4,9,15,19H2;1-8H;1-2H3. The predicted octanol–water partition coefficient (Wildman–Crippen LogP) is 18.3. The number of halogens is 3. The van der Waals surface area contributed by atoms with Crippen molar-refractivity contribution in [2.75, 3.05) is 9.80 Å². The lowest BCUT2D eigenvalue weighted by Crippen LogP contribution is -2.28. The van der Waals surface area contributed by atoms with Crippen LogP contribution in [0.2, 0.25) is 0 Å². The molecule has 0 atom stereocenters. The van der Waals surface area contributed by atoms with Gasteiger partial charge in [-0.2, -0.15) is 21.6 Å². The van der Waals surface area contributed by atoms with Crippen molar-refractivity contribution >= 4 is 119 Å². The maximum absolute atomic E-state index is 13.9. The number of alkyl halides is 3. The van der Waals surface area contributed by atoms with Crippen molar-refractivity contribution in [3.63, 3.8) is 0 Å². The van der Waals surface area contributed by atoms with Gasteiger partial charge in [0.25, 0.3) is 0 Å². The van der Waals surface area contributed by atoms with Gasteiger partial charge in [-0.25, -0.2) is 0 Å². The van der Waals surface area contributed by atoms with E-state index < -0.39 is 21.4 Å². The summed E-state index contributed by atoms with van der Waals surface area (Å²) in [5.74, 6) is -0.435. The number of anilines is 5. The van der Waals surface area contributed by atoms with Crippen LogP contribution in [0.3, 0.4) is 0 Å². The van der Waals surface area contributed by atoms with Gasteiger partial charge < -0.3 is 14.0 Å². The SMILES string of the molecule is CC.O=S(=O)(Oc1cc(N(c2ccccc2)c2ccc3c4c(sc3c2)C=CCC4)c2sc3ccc(N(C4=CC=CCC4)c4cccc5ccccc45)cc3c2c1)C(F)(F)F.c1ccc2ccccc2c1. The molecule has 0 saturated heterocycles. The summed E-state index contributed by atoms with van der Waals surface area (Å²) in [4.78, 5) is 5.44. The van der Waals surface area contributed by atoms with Crippen LogP contribution in [0, 0.1) is 0 Å². The molecule has 0 aliphatic heterocycles. The number of hydrogen-bond acceptors (Lipinski definition) is 7. The number of benzene rings is 8. The summed E-state index contributed by atoms with van der Waals surface area (Å²) in [5.41, 5.74) is 0.657. The van der Waals surface area contributed by atoms with Crippen LogP contribution < -0.4 is 14.0 Å². The molecule has 2 aliphatic rings. The molecule has 8 aromatic carbocycles. The van der Waals surface area contributed by atoms with E-state index in [2.05, 4.69) is 126 Å². The second kappa shape index (κ2) is 19.7. The average Bonchev–Trinajstić information content (AvgIpc) is 3.95. The summed E-state index contributed by atoms with van der Waals surface area (Å²) in [6.45, 7) is 4.00. The Bertz CT molecular complexity index is 3690. The van der Waals surface area contributed by atoms with E-state index in [0.29, 0.717) is 11.1 Å². The van der Waals surface area contributed by atoms with E-state index in [1.54, 1.807) is 11.3 Å². The van der Waals surface area contributed by atoms with E-state index in [-0.39, 0.29) is 0 Å². The zero-order valence-electron chi connectivity index (χ0n) is 38.4. The van der Waals surface area contributed by atoms with E-state index in [9.17, 15) is 21.6 Å². The molecule has 2 heterocycles. The minimum atomic E-state index is -5.99. The zero-order valence-corrected chi connectivity index (χ0v) is 40.8. The molecule has 0 N–H and O–H groups in total. The molecule has 0 bridgehead atoms. The fourth-order valence-corrected chi connectivity index (χ4v) is 12.1. The Labute approximate surface area is 413 Å². The third-order valence-electron chi connectivity index (χ3n) is 12.4. The summed E-state index contributed by atoms with van der Waals surface area (Å²) in [6, 6.07) is 55.9. The largest absolute Gasteiger partial charge is 0.534 e. The lowest BCUT2D eigenvalue weighted by molar-refractivity contribution is -0.0500. The highest BCUT2D eigenvalue weighted by Crippen LogP contribution is 2.50. The highest BCUT2D eigenvalue weighted by Gasteiger charge is 2.48. The number of fused-ring (bicyclic) bond motifs is 8. The van der Waals surface area contributed by atoms with Gasteiger partial charge in [0.05, 0.1) is 16.1 Å². The number of para-hydroxylation sites is 1. The van der Waals surface area contributed by atoms with Crippen molar-refractivity contribution in [2.45, 2.75) is 45.0 Å². The number of thiophene rings is 2. The van der Waals surface area contributed by atoms with Gasteiger partial charge in [0, 0.05) is 59.3 Å². The summed E-state index contributed by atoms with van der Waals surface area (Å²) in [6.07, 6.45) is 14.3. The molecule has 0 radical (unpaired) electrons. The Balaban J connectivity index is 0.000000415. The molecule has 2 aromatic heterocycles. The topological polar surface area (TPSA) is 49.9 Å². The lowest BCUT2D eigenvalue weighted by atomic mass is 10.0. The summed E-state index contributed by atoms with van der Waals surface area (Å²) in [7, 11) is -5.99. The molecule has 12 rings (SSSR count). The van der Waals surface area contributed by atoms with E-state index in [1.165, 1.54) is 50.1 Å². The van der Waals surface area contributed by atoms with E-state index >= 15 is 0 Å². The van der Waals surface area contributed by atoms with Gasteiger partial charge in [-0.1, -0.05) is 141 Å². The molecule has 0 unspecified atom stereocenters. The number of hydrogen-bond donors (Lipinski definition) is 0. The van der Waals surface area contributed by atoms with Gasteiger partial charge in [0.1, 0.15) is 5.75 Å². The van der Waals surface area contributed by atoms with Crippen LogP contribution in [-0.4, -0.2) is 13.9 Å². The molecule has 70 heavy (non-hydrogen) atoms. The smallest absolute Gasteiger partial charge is 0.376 e. The van der Waals surface area contributed by atoms with Gasteiger partial charge in [0.15, 0.2) is 0 Å². The molecule has 0 fully saturated rings. The summed E-state index contributed by atoms with van der Waals surface area (Å²) in [5, 5.41) is 7.29. The monoisotopic (exact) mass is 984 g/mol. The maximum atomic E-state index is 13.9. The minimum Gasteiger partial charge on any atom is -0.376 e. The normalized spacial score (nSPS) is 13.4. The Kier molecular flexibility index (Phi) is 13.1. The van der Waals surface area contributed by atoms with Crippen LogP contribution in [0.5, 0.6) is 5.75 Å². The highest BCUT2D eigenvalue weighted by atomic mass is 32.2. The molecule has 11 heteroatoms. The molecule has 5 nitrogen and oxygen atoms in total. The second-order valence-electron chi connectivity index (χ2n) is 16.6. The molecule has 350 valence electrons. The second-order valence-corrected chi connectivity index (χ2v) is 20.3. The maximum Gasteiger partial charge on any atom is 0.534 e. The molecule has 2 aliphatic carbocycles. The van der Waals surface area contributed by atoms with Crippen molar-refractivity contribution in [1.29, 1.82) is 0 Å². The van der Waals surface area contributed by atoms with Crippen LogP contribution in [0.1, 0.15) is 43.6 Å². The summed E-state index contributed by atoms with van der Waals surface area (Å²) >= 11 is 3.20. The quantitative estimate of drug-likeness (QED) is 0.112. The third kappa shape index (κ3) is 9.08. The lowest BCUT2D eigenvalue weighted by Gasteiger charge is -2.30. The van der Waals surface area contributed by atoms with Crippen molar-refractivity contribution < 1.29 is 25.8 Å². The van der Waals surface area contributed by atoms with Crippen molar-refractivity contribution in [2.24, 2.45) is 0 Å². The number of nitrogens with zero attached hydrogens (tertiary/aromatic N) is 2. The van der Waals surface area contributed by atoms with Crippen LogP contribution in [0.4, 0.5) is 41.6 Å². The van der Waals surface area contributed by atoms with Gasteiger partial charge in [-0.05, 0) is 120 Å². The first kappa shape index (κ1) is 46.5. The van der Waals surface area contributed by atoms with Gasteiger partial charge in [-0.3, -0.25) is 0 Å². The molecular formula is C59H47F3N2O3S3. The number of rotatable bonds is 8. The minimum absolute atomic E-state index is 0.435. The number of aryl methyl sites for hydroxylation is 1. The molecule has 0 amide bonds. The molecule has 10 aromatic rings. The van der Waals surface area contributed by atoms with Crippen LogP contribution in [-0.2, 0) is 16.5 Å². The van der Waals surface area contributed by atoms with Gasteiger partial charge in [-0.15, -0.1) is 22.7 Å². The third-order valence-corrected chi connectivity index (χ3v) is 15.7. The Morgan fingerprint density at radius 2 is 1.20 bits per heavy atom. The Morgan fingerprint density at radius 1 is 0.543 bits per heavy atom. The Hall–Kier alpha value is -7.18. The van der Waals surface area contributed by atoms with E-state index in [4.69, 9.17) is 4.18 Å². The predicted molar refractivity (Wildman–Crippen MR) is 290 cm³/mol. The van der Waals surface area contributed by atoms with E-state index in [0.717, 1.165) is 84.4 Å². The first-order valence-corrected chi connectivity index (χ1v) is 26.3. The van der Waals surface area contributed by atoms with Crippen LogP contribution in [0.25, 0.3) is 57.9 Å². The first-order chi connectivity index (χ1) is 34.1. The fourth-order valence-electron chi connectivity index (χ4n) is 9.23. The number of allylic oxidation sites excluding steroid dienone is 5. The van der Waals surface area contributed by atoms with E-state index in [1.807, 2.05) is 85.5 Å². The summed E-state index contributed by atoms with van der Waals surface area (Å²) < 4.78 is 74.7. The van der Waals surface area contributed by atoms with Crippen LogP contribution in [0.15, 0.2) is 200 Å². The van der Waals surface area contributed by atoms with Crippen molar-refractivity contribution in [1.82, 2.24) is 0 Å². The van der Waals surface area contributed by atoms with Crippen molar-refractivity contribution in [3.05, 3.63) is 210 Å². The Morgan fingerprint density at radius 3 is 1.91 bits per heavy atom. The molecule has 0 saturated carbocycles. The molecule has 0 spiro atoms. The van der Waals surface area contributed by atoms with Crippen molar-refractivity contribution in [3.8, 4) is 5.75 Å². The van der Waals surface area contributed by atoms with Gasteiger partial charge in [0.2, 0.25) is 0 Å².